The van der Waals surface area contributed by atoms with Crippen molar-refractivity contribution in [3.63, 3.8) is 0 Å². The van der Waals surface area contributed by atoms with Crippen LogP contribution >= 0.6 is 15.9 Å². The molecule has 2 aliphatic carbocycles. The molecular weight excluding hydrogens is 1190 g/mol. The molecular formula is C56H59BBrN2O2W2. The van der Waals surface area contributed by atoms with Gasteiger partial charge in [0.2, 0.25) is 0 Å². The third kappa shape index (κ3) is 16.6. The molecule has 10 rings (SSSR count). The minimum absolute atomic E-state index is 0. The number of hydrogen-bond acceptors (Lipinski definition) is 2. The SMILES string of the molecule is CBr.CCC.CCO[B]O.Cn1c2ccccc2c2ccccc21.Cn1c2ccccc2c2ccccc21.[C-]1=C(c2[c-]cccc2)CCC=C1.[C-]1=C(c2[c-]cccc2)CCC=C1.[W+2].[W+2]. The van der Waals surface area contributed by atoms with Crippen LogP contribution in [0.5, 0.6) is 0 Å². The van der Waals surface area contributed by atoms with Crippen LogP contribution in [-0.2, 0) is 60.9 Å². The minimum atomic E-state index is 0. The number of hydrogen-bond donors (Lipinski definition) is 1. The second-order valence-corrected chi connectivity index (χ2v) is 14.1. The molecule has 0 unspecified atom stereocenters. The molecule has 4 nitrogen and oxygen atoms in total. The van der Waals surface area contributed by atoms with Gasteiger partial charge in [-0.3, -0.25) is 0 Å². The quantitative estimate of drug-likeness (QED) is 0.108. The molecule has 6 aromatic carbocycles. The molecule has 1 radical (unpaired) electrons. The van der Waals surface area contributed by atoms with Gasteiger partial charge in [-0.2, -0.15) is 60.7 Å². The number of aryl methyl sites for hydroxylation is 2. The fourth-order valence-electron chi connectivity index (χ4n) is 6.98. The Balaban J connectivity index is 0.000000272. The smallest absolute Gasteiger partial charge is 0.429 e. The molecule has 0 amide bonds. The summed E-state index contributed by atoms with van der Waals surface area (Å²) in [6.45, 7) is 6.59. The number of nitrogens with zero attached hydrogens (tertiary/aromatic N) is 2. The maximum absolute atomic E-state index is 7.72. The third-order valence-corrected chi connectivity index (χ3v) is 9.82. The van der Waals surface area contributed by atoms with Crippen LogP contribution < -0.4 is 0 Å². The van der Waals surface area contributed by atoms with Crippen LogP contribution in [0.15, 0.2) is 170 Å². The Kier molecular flexibility index (Phi) is 28.3. The molecule has 64 heavy (non-hydrogen) atoms. The van der Waals surface area contributed by atoms with Crippen LogP contribution in [0.4, 0.5) is 0 Å². The van der Waals surface area contributed by atoms with Crippen LogP contribution in [0.2, 0.25) is 0 Å². The summed E-state index contributed by atoms with van der Waals surface area (Å²) in [4.78, 5) is 0. The molecule has 2 aliphatic rings. The maximum atomic E-state index is 7.72. The number of para-hydroxylation sites is 4. The Morgan fingerprint density at radius 2 is 0.844 bits per heavy atom. The van der Waals surface area contributed by atoms with E-state index in [-0.39, 0.29) is 42.1 Å². The molecule has 8 aromatic rings. The number of rotatable bonds is 4. The van der Waals surface area contributed by atoms with Crippen molar-refractivity contribution in [2.75, 3.05) is 12.4 Å². The van der Waals surface area contributed by atoms with Crippen molar-refractivity contribution < 1.29 is 51.8 Å². The Hall–Kier alpha value is -4.28. The Bertz CT molecular complexity index is 2340. The molecule has 0 saturated carbocycles. The fraction of sp³-hybridized carbons (Fsp3) is 0.214. The molecule has 2 heterocycles. The van der Waals surface area contributed by atoms with Crippen molar-refractivity contribution in [2.45, 2.75) is 52.9 Å². The molecule has 0 aliphatic heterocycles. The number of allylic oxidation sites excluding steroid dienone is 8. The zero-order valence-electron chi connectivity index (χ0n) is 37.9. The van der Waals surface area contributed by atoms with Crippen LogP contribution in [0, 0.1) is 24.3 Å². The van der Waals surface area contributed by atoms with Gasteiger partial charge in [0.05, 0.1) is 0 Å². The first kappa shape index (κ1) is 55.9. The van der Waals surface area contributed by atoms with Crippen molar-refractivity contribution in [1.29, 1.82) is 0 Å². The zero-order chi connectivity index (χ0) is 44.4. The van der Waals surface area contributed by atoms with E-state index in [9.17, 15) is 0 Å². The zero-order valence-corrected chi connectivity index (χ0v) is 45.4. The van der Waals surface area contributed by atoms with Crippen LogP contribution in [0.3, 0.4) is 0 Å². The van der Waals surface area contributed by atoms with Crippen LogP contribution in [0.25, 0.3) is 54.8 Å². The van der Waals surface area contributed by atoms with Crippen molar-refractivity contribution >= 4 is 78.4 Å². The first-order chi connectivity index (χ1) is 30.5. The predicted octanol–water partition coefficient (Wildman–Crippen LogP) is 14.7. The Labute approximate surface area is 420 Å². The summed E-state index contributed by atoms with van der Waals surface area (Å²) >= 11 is 2.94. The van der Waals surface area contributed by atoms with Gasteiger partial charge >= 0.3 is 49.8 Å². The second-order valence-electron chi connectivity index (χ2n) is 14.1. The summed E-state index contributed by atoms with van der Waals surface area (Å²) in [7, 11) is 4.91. The first-order valence-electron chi connectivity index (χ1n) is 21.3. The number of aromatic nitrogens is 2. The number of alkyl halides is 1. The van der Waals surface area contributed by atoms with Crippen LogP contribution in [0.1, 0.15) is 64.0 Å². The van der Waals surface area contributed by atoms with E-state index in [2.05, 4.69) is 203 Å². The van der Waals surface area contributed by atoms with Gasteiger partial charge in [-0.05, 0) is 37.0 Å². The van der Waals surface area contributed by atoms with Gasteiger partial charge in [-0.25, -0.2) is 46.6 Å². The summed E-state index contributed by atoms with van der Waals surface area (Å²) < 4.78 is 8.75. The van der Waals surface area contributed by atoms with Crippen molar-refractivity contribution in [1.82, 2.24) is 9.13 Å². The summed E-state index contributed by atoms with van der Waals surface area (Å²) in [6.07, 6.45) is 20.5. The van der Waals surface area contributed by atoms with Gasteiger partial charge in [-0.1, -0.05) is 135 Å². The standard InChI is InChI=1S/2C13H11N.2C12H10.C3H8.C2H6BO2.CH3Br.2W/c2*1-14-12-8-4-2-6-10(12)11-7-3-5-9-13(11)14;2*1-3-7-11(8-4-1)12-9-5-2-6-10-12;1-3-2;1-2-5-3-4;1-2;;/h2*2-9H,1H3;2*1-5,7H,6,10H2;3H2,1-2H3;4H,2H2,1H3;1H3;;/q;;2*-2;;;;2*+2. The largest absolute Gasteiger partial charge is 2.00 e. The number of fused-ring (bicyclic) bond motifs is 6. The average Bonchev–Trinajstić information content (AvgIpc) is 3.82. The van der Waals surface area contributed by atoms with E-state index in [0.29, 0.717) is 14.3 Å². The summed E-state index contributed by atoms with van der Waals surface area (Å²) in [5, 5.41) is 13.1. The van der Waals surface area contributed by atoms with Gasteiger partial charge < -0.3 is 18.8 Å². The molecule has 327 valence electrons. The topological polar surface area (TPSA) is 39.3 Å². The van der Waals surface area contributed by atoms with Gasteiger partial charge in [0.15, 0.2) is 0 Å². The molecule has 0 atom stereocenters. The van der Waals surface area contributed by atoms with E-state index < -0.39 is 0 Å². The fourth-order valence-corrected chi connectivity index (χ4v) is 6.98. The van der Waals surface area contributed by atoms with E-state index in [0.717, 1.165) is 25.7 Å². The van der Waals surface area contributed by atoms with E-state index in [1.807, 2.05) is 54.4 Å². The van der Waals surface area contributed by atoms with E-state index in [4.69, 9.17) is 5.02 Å². The first-order valence-corrected chi connectivity index (χ1v) is 22.9. The van der Waals surface area contributed by atoms with Gasteiger partial charge in [0.25, 0.3) is 0 Å². The molecule has 0 bridgehead atoms. The second kappa shape index (κ2) is 32.4. The van der Waals surface area contributed by atoms with Crippen LogP contribution in [-0.4, -0.2) is 34.3 Å². The monoisotopic (exact) mass is 1250 g/mol. The van der Waals surface area contributed by atoms with Crippen molar-refractivity contribution in [3.8, 4) is 0 Å². The maximum Gasteiger partial charge on any atom is 2.00 e. The summed E-state index contributed by atoms with van der Waals surface area (Å²) in [5.74, 6) is 1.81. The molecule has 2 aromatic heterocycles. The summed E-state index contributed by atoms with van der Waals surface area (Å²) in [5.41, 5.74) is 10.1. The van der Waals surface area contributed by atoms with E-state index in [1.165, 1.54) is 72.3 Å². The number of benzene rings is 6. The van der Waals surface area contributed by atoms with E-state index in [1.54, 1.807) is 6.92 Å². The third-order valence-electron chi connectivity index (χ3n) is 9.82. The Morgan fingerprint density at radius 3 is 1.08 bits per heavy atom. The normalized spacial score (nSPS) is 11.8. The van der Waals surface area contributed by atoms with Gasteiger partial charge in [0.1, 0.15) is 0 Å². The summed E-state index contributed by atoms with van der Waals surface area (Å²) in [6, 6.07) is 56.6. The van der Waals surface area contributed by atoms with Gasteiger partial charge in [-0.15, -0.1) is 12.1 Å². The Morgan fingerprint density at radius 1 is 0.531 bits per heavy atom. The molecule has 1 N–H and O–H groups in total. The average molecular weight is 1250 g/mol. The molecule has 0 spiro atoms. The minimum Gasteiger partial charge on any atom is -0.429 e. The predicted molar refractivity (Wildman–Crippen MR) is 272 cm³/mol. The van der Waals surface area contributed by atoms with E-state index >= 15 is 0 Å². The number of halogens is 1. The van der Waals surface area contributed by atoms with Gasteiger partial charge in [0, 0.05) is 64.3 Å². The molecule has 8 heteroatoms. The van der Waals surface area contributed by atoms with Crippen molar-refractivity contribution in [2.24, 2.45) is 14.1 Å². The van der Waals surface area contributed by atoms with Crippen molar-refractivity contribution in [3.05, 3.63) is 205 Å². The molecule has 0 saturated heterocycles. The molecule has 0 fully saturated rings.